The minimum Gasteiger partial charge on any atom is -0.356 e. The first-order valence-corrected chi connectivity index (χ1v) is 8.71. The number of hydrogen-bond donors (Lipinski definition) is 1. The summed E-state index contributed by atoms with van der Waals surface area (Å²) >= 11 is 9.45. The second kappa shape index (κ2) is 7.97. The molecule has 0 aliphatic carbocycles. The largest absolute Gasteiger partial charge is 0.356 e. The second-order valence-electron chi connectivity index (χ2n) is 5.49. The van der Waals surface area contributed by atoms with Crippen LogP contribution < -0.4 is 5.32 Å². The molecule has 0 bridgehead atoms. The van der Waals surface area contributed by atoms with E-state index in [-0.39, 0.29) is 5.91 Å². The number of nitrogens with zero attached hydrogens (tertiary/aromatic N) is 4. The van der Waals surface area contributed by atoms with Gasteiger partial charge >= 0.3 is 0 Å². The average Bonchev–Trinajstić information content (AvgIpc) is 2.96. The van der Waals surface area contributed by atoms with Gasteiger partial charge in [0.1, 0.15) is 0 Å². The molecule has 6 nitrogen and oxygen atoms in total. The monoisotopic (exact) mass is 401 g/mol. The van der Waals surface area contributed by atoms with Crippen molar-refractivity contribution in [3.05, 3.63) is 32.8 Å². The van der Waals surface area contributed by atoms with Gasteiger partial charge in [-0.3, -0.25) is 14.2 Å². The van der Waals surface area contributed by atoms with Gasteiger partial charge in [0.15, 0.2) is 0 Å². The lowest BCUT2D eigenvalue weighted by Crippen LogP contribution is -2.26. The lowest BCUT2D eigenvalue weighted by Gasteiger charge is -2.07. The minimum atomic E-state index is 0.0174. The van der Waals surface area contributed by atoms with Gasteiger partial charge in [-0.25, -0.2) is 0 Å². The maximum atomic E-state index is 11.8. The maximum absolute atomic E-state index is 11.8. The molecule has 2 aromatic rings. The highest BCUT2D eigenvalue weighted by molar-refractivity contribution is 9.10. The summed E-state index contributed by atoms with van der Waals surface area (Å²) in [5.74, 6) is 0.0174. The number of hydrogen-bond acceptors (Lipinski definition) is 3. The molecule has 23 heavy (non-hydrogen) atoms. The summed E-state index contributed by atoms with van der Waals surface area (Å²) in [4.78, 5) is 11.8. The lowest BCUT2D eigenvalue weighted by atomic mass is 10.3. The second-order valence-corrected chi connectivity index (χ2v) is 6.69. The van der Waals surface area contributed by atoms with Crippen LogP contribution in [0.2, 0.25) is 5.02 Å². The van der Waals surface area contributed by atoms with E-state index in [2.05, 4.69) is 31.4 Å². The smallest absolute Gasteiger partial charge is 0.221 e. The molecule has 1 amide bonds. The highest BCUT2D eigenvalue weighted by Gasteiger charge is 2.08. The Labute approximate surface area is 149 Å². The van der Waals surface area contributed by atoms with Crippen LogP contribution in [0.25, 0.3) is 0 Å². The third-order valence-corrected chi connectivity index (χ3v) is 5.14. The van der Waals surface area contributed by atoms with Crippen LogP contribution in [0.4, 0.5) is 0 Å². The van der Waals surface area contributed by atoms with E-state index < -0.39 is 0 Å². The van der Waals surface area contributed by atoms with Gasteiger partial charge < -0.3 is 5.32 Å². The van der Waals surface area contributed by atoms with E-state index in [1.165, 1.54) is 0 Å². The first kappa shape index (κ1) is 18.0. The van der Waals surface area contributed by atoms with E-state index in [1.807, 2.05) is 25.5 Å². The highest BCUT2D eigenvalue weighted by Crippen LogP contribution is 2.19. The van der Waals surface area contributed by atoms with Crippen LogP contribution in [0.15, 0.2) is 10.7 Å². The molecular weight excluding hydrogens is 382 g/mol. The Morgan fingerprint density at radius 2 is 2.00 bits per heavy atom. The zero-order valence-electron chi connectivity index (χ0n) is 13.6. The lowest BCUT2D eigenvalue weighted by molar-refractivity contribution is -0.121. The fourth-order valence-electron chi connectivity index (χ4n) is 2.26. The molecule has 0 saturated heterocycles. The molecule has 0 saturated carbocycles. The first-order chi connectivity index (χ1) is 10.9. The first-order valence-electron chi connectivity index (χ1n) is 7.54. The third kappa shape index (κ3) is 4.81. The summed E-state index contributed by atoms with van der Waals surface area (Å²) in [6.07, 6.45) is 2.97. The standard InChI is InChI=1S/C15H21BrClN5O/c1-10-13(17)9-21(19-10)8-5-14(23)18-6-4-7-22-12(3)15(16)11(2)20-22/h9H,4-8H2,1-3H3,(H,18,23). The number of halogens is 2. The Kier molecular flexibility index (Phi) is 6.24. The van der Waals surface area contributed by atoms with E-state index >= 15 is 0 Å². The topological polar surface area (TPSA) is 64.7 Å². The summed E-state index contributed by atoms with van der Waals surface area (Å²) in [7, 11) is 0. The van der Waals surface area contributed by atoms with Crippen molar-refractivity contribution in [1.29, 1.82) is 0 Å². The van der Waals surface area contributed by atoms with Crippen LogP contribution in [0.1, 0.15) is 29.9 Å². The molecule has 0 aromatic carbocycles. The molecule has 126 valence electrons. The van der Waals surface area contributed by atoms with Crippen LogP contribution in [-0.4, -0.2) is 32.0 Å². The highest BCUT2D eigenvalue weighted by atomic mass is 79.9. The zero-order chi connectivity index (χ0) is 17.0. The van der Waals surface area contributed by atoms with Crippen LogP contribution in [0.3, 0.4) is 0 Å². The van der Waals surface area contributed by atoms with Gasteiger partial charge in [0.05, 0.1) is 20.9 Å². The Morgan fingerprint density at radius 1 is 1.26 bits per heavy atom. The summed E-state index contributed by atoms with van der Waals surface area (Å²) in [5, 5.41) is 12.2. The number of aryl methyl sites for hydroxylation is 4. The Balaban J connectivity index is 1.67. The number of aromatic nitrogens is 4. The van der Waals surface area contributed by atoms with E-state index in [1.54, 1.807) is 10.9 Å². The quantitative estimate of drug-likeness (QED) is 0.724. The summed E-state index contributed by atoms with van der Waals surface area (Å²) in [6, 6.07) is 0. The van der Waals surface area contributed by atoms with Crippen LogP contribution in [0.5, 0.6) is 0 Å². The molecule has 0 aliphatic rings. The van der Waals surface area contributed by atoms with Crippen molar-refractivity contribution < 1.29 is 4.79 Å². The summed E-state index contributed by atoms with van der Waals surface area (Å²) in [6.45, 7) is 7.79. The number of nitrogens with one attached hydrogen (secondary N) is 1. The van der Waals surface area contributed by atoms with Gasteiger partial charge in [0.2, 0.25) is 5.91 Å². The Bertz CT molecular complexity index is 675. The predicted molar refractivity (Wildman–Crippen MR) is 93.6 cm³/mol. The Hall–Kier alpha value is -1.34. The average molecular weight is 403 g/mol. The zero-order valence-corrected chi connectivity index (χ0v) is 15.9. The Morgan fingerprint density at radius 3 is 2.57 bits per heavy atom. The van der Waals surface area contributed by atoms with Gasteiger partial charge in [-0.1, -0.05) is 11.6 Å². The number of rotatable bonds is 7. The van der Waals surface area contributed by atoms with E-state index in [9.17, 15) is 4.79 Å². The van der Waals surface area contributed by atoms with Crippen molar-refractivity contribution >= 4 is 33.4 Å². The fraction of sp³-hybridized carbons (Fsp3) is 0.533. The van der Waals surface area contributed by atoms with Crippen LogP contribution in [-0.2, 0) is 17.9 Å². The van der Waals surface area contributed by atoms with Crippen molar-refractivity contribution in [1.82, 2.24) is 24.9 Å². The summed E-state index contributed by atoms with van der Waals surface area (Å²) < 4.78 is 4.71. The van der Waals surface area contributed by atoms with Gasteiger partial charge in [-0.15, -0.1) is 0 Å². The van der Waals surface area contributed by atoms with Crippen molar-refractivity contribution in [2.45, 2.75) is 46.7 Å². The van der Waals surface area contributed by atoms with Crippen LogP contribution >= 0.6 is 27.5 Å². The molecule has 0 radical (unpaired) electrons. The van der Waals surface area contributed by atoms with Gasteiger partial charge in [-0.2, -0.15) is 10.2 Å². The molecule has 2 heterocycles. The normalized spacial score (nSPS) is 11.0. The van der Waals surface area contributed by atoms with E-state index in [0.717, 1.165) is 34.5 Å². The molecule has 0 atom stereocenters. The fourth-order valence-corrected chi connectivity index (χ4v) is 2.70. The van der Waals surface area contributed by atoms with E-state index in [0.29, 0.717) is 24.5 Å². The molecule has 0 unspecified atom stereocenters. The third-order valence-electron chi connectivity index (χ3n) is 3.62. The van der Waals surface area contributed by atoms with Gasteiger partial charge in [0, 0.05) is 37.9 Å². The maximum Gasteiger partial charge on any atom is 0.221 e. The van der Waals surface area contributed by atoms with E-state index in [4.69, 9.17) is 11.6 Å². The minimum absolute atomic E-state index is 0.0174. The van der Waals surface area contributed by atoms with Gasteiger partial charge in [-0.05, 0) is 43.1 Å². The molecule has 1 N–H and O–H groups in total. The molecule has 0 fully saturated rings. The predicted octanol–water partition coefficient (Wildman–Crippen LogP) is 3.02. The summed E-state index contributed by atoms with van der Waals surface area (Å²) in [5.41, 5.74) is 2.88. The molecule has 0 spiro atoms. The van der Waals surface area contributed by atoms with Crippen molar-refractivity contribution in [3.8, 4) is 0 Å². The molecule has 8 heteroatoms. The number of carbonyl (C=O) groups is 1. The van der Waals surface area contributed by atoms with Gasteiger partial charge in [0.25, 0.3) is 0 Å². The molecule has 2 rings (SSSR count). The molecular formula is C15H21BrClN5O. The van der Waals surface area contributed by atoms with Crippen molar-refractivity contribution in [2.75, 3.05) is 6.54 Å². The molecule has 2 aromatic heterocycles. The number of carbonyl (C=O) groups excluding carboxylic acids is 1. The number of amides is 1. The SMILES string of the molecule is Cc1nn(CCC(=O)NCCCn2nc(C)c(Br)c2C)cc1Cl. The van der Waals surface area contributed by atoms with Crippen molar-refractivity contribution in [3.63, 3.8) is 0 Å². The van der Waals surface area contributed by atoms with Crippen LogP contribution in [0, 0.1) is 20.8 Å². The van der Waals surface area contributed by atoms with Crippen molar-refractivity contribution in [2.24, 2.45) is 0 Å². The molecule has 0 aliphatic heterocycles.